The average Bonchev–Trinajstić information content (AvgIpc) is 3.45. The third-order valence-electron chi connectivity index (χ3n) is 7.02. The van der Waals surface area contributed by atoms with Gasteiger partial charge in [-0.2, -0.15) is 0 Å². The normalized spacial score (nSPS) is 22.1. The van der Waals surface area contributed by atoms with Gasteiger partial charge >= 0.3 is 0 Å². The van der Waals surface area contributed by atoms with Gasteiger partial charge in [-0.05, 0) is 83.4 Å². The first kappa shape index (κ1) is 24.4. The molecule has 1 fully saturated rings. The van der Waals surface area contributed by atoms with E-state index in [1.54, 1.807) is 0 Å². The topological polar surface area (TPSA) is 28.9 Å². The summed E-state index contributed by atoms with van der Waals surface area (Å²) in [6, 6.07) is 8.60. The smallest absolute Gasteiger partial charge is 0.136 e. The van der Waals surface area contributed by atoms with Crippen molar-refractivity contribution in [2.45, 2.75) is 59.2 Å². The summed E-state index contributed by atoms with van der Waals surface area (Å²) in [4.78, 5) is 4.72. The van der Waals surface area contributed by atoms with Crippen LogP contribution in [0.25, 0.3) is 17.0 Å². The van der Waals surface area contributed by atoms with Crippen LogP contribution in [-0.2, 0) is 4.74 Å². The van der Waals surface area contributed by atoms with Crippen LogP contribution in [0.1, 0.15) is 52.7 Å². The number of furan rings is 1. The third-order valence-corrected chi connectivity index (χ3v) is 7.02. The highest BCUT2D eigenvalue weighted by Gasteiger charge is 2.33. The number of nitrogens with zero attached hydrogens (tertiary/aromatic N) is 2. The molecule has 0 amide bonds. The lowest BCUT2D eigenvalue weighted by Crippen LogP contribution is -2.26. The fourth-order valence-corrected chi connectivity index (χ4v) is 5.03. The zero-order valence-corrected chi connectivity index (χ0v) is 21.2. The van der Waals surface area contributed by atoms with Crippen molar-refractivity contribution in [1.82, 2.24) is 4.90 Å². The molecule has 0 spiro atoms. The summed E-state index contributed by atoms with van der Waals surface area (Å²) in [5.41, 5.74) is 3.48. The van der Waals surface area contributed by atoms with E-state index in [0.717, 1.165) is 62.2 Å². The van der Waals surface area contributed by atoms with E-state index in [4.69, 9.17) is 9.15 Å². The van der Waals surface area contributed by atoms with E-state index >= 15 is 0 Å². The standard InChI is InChI=1S/C30H40N2O2/c1-5-31(6-2)25-17-15-23-19-27(33-29(23)21-25)13-11-9-10-12-14-28-20-24-16-18-26(22-30(24)34-28)32(7-3)8-4/h11-19,21-22,24,28,30H,5-10,20H2,1-4H3/b13-11+,14-12+. The molecular formula is C30H40N2O2. The maximum atomic E-state index is 6.31. The molecule has 4 nitrogen and oxygen atoms in total. The van der Waals surface area contributed by atoms with E-state index in [0.29, 0.717) is 5.92 Å². The van der Waals surface area contributed by atoms with Crippen LogP contribution in [0.2, 0.25) is 0 Å². The Bertz CT molecular complexity index is 1050. The Morgan fingerprint density at radius 2 is 1.71 bits per heavy atom. The van der Waals surface area contributed by atoms with E-state index in [1.165, 1.54) is 11.4 Å². The van der Waals surface area contributed by atoms with Crippen LogP contribution in [0.5, 0.6) is 0 Å². The SMILES string of the molecule is CCN(CC)C1=CC2OC(/C=C/CC/C=C/c3cc4ccc(N(CC)CC)cc4o3)CC2C=C1. The van der Waals surface area contributed by atoms with Gasteiger partial charge in [0.25, 0.3) is 0 Å². The average molecular weight is 461 g/mol. The Morgan fingerprint density at radius 1 is 0.941 bits per heavy atom. The van der Waals surface area contributed by atoms with Gasteiger partial charge in [-0.15, -0.1) is 0 Å². The largest absolute Gasteiger partial charge is 0.457 e. The van der Waals surface area contributed by atoms with E-state index in [2.05, 4.69) is 104 Å². The highest BCUT2D eigenvalue weighted by molar-refractivity contribution is 5.83. The number of allylic oxidation sites excluding steroid dienone is 3. The summed E-state index contributed by atoms with van der Waals surface area (Å²) < 4.78 is 12.4. The van der Waals surface area contributed by atoms with Crippen molar-refractivity contribution >= 4 is 22.7 Å². The van der Waals surface area contributed by atoms with Gasteiger partial charge in [-0.25, -0.2) is 0 Å². The lowest BCUT2D eigenvalue weighted by atomic mass is 9.93. The van der Waals surface area contributed by atoms with Gasteiger partial charge in [0.05, 0.1) is 12.2 Å². The molecular weight excluding hydrogens is 420 g/mol. The van der Waals surface area contributed by atoms with Crippen LogP contribution in [0.3, 0.4) is 0 Å². The molecule has 182 valence electrons. The number of hydrogen-bond acceptors (Lipinski definition) is 4. The van der Waals surface area contributed by atoms with Crippen molar-refractivity contribution in [2.24, 2.45) is 5.92 Å². The predicted octanol–water partition coefficient (Wildman–Crippen LogP) is 7.20. The summed E-state index contributed by atoms with van der Waals surface area (Å²) in [6.45, 7) is 12.8. The van der Waals surface area contributed by atoms with Crippen molar-refractivity contribution in [3.63, 3.8) is 0 Å². The number of likely N-dealkylation sites (N-methyl/N-ethyl adjacent to an activating group) is 1. The fourth-order valence-electron chi connectivity index (χ4n) is 5.03. The predicted molar refractivity (Wildman–Crippen MR) is 144 cm³/mol. The van der Waals surface area contributed by atoms with Crippen LogP contribution >= 0.6 is 0 Å². The molecule has 0 radical (unpaired) electrons. The van der Waals surface area contributed by atoms with Gasteiger partial charge in [-0.3, -0.25) is 0 Å². The molecule has 0 N–H and O–H groups in total. The van der Waals surface area contributed by atoms with Crippen LogP contribution in [0.4, 0.5) is 5.69 Å². The molecule has 2 aliphatic rings. The first-order valence-corrected chi connectivity index (χ1v) is 13.1. The molecule has 3 unspecified atom stereocenters. The molecule has 1 aliphatic heterocycles. The minimum Gasteiger partial charge on any atom is -0.457 e. The quantitative estimate of drug-likeness (QED) is 0.262. The Hall–Kier alpha value is -2.72. The summed E-state index contributed by atoms with van der Waals surface area (Å²) in [5, 5.41) is 1.16. The number of unbranched alkanes of at least 4 members (excludes halogenated alkanes) is 1. The fraction of sp³-hybridized carbons (Fsp3) is 0.467. The zero-order chi connectivity index (χ0) is 23.9. The number of hydrogen-bond donors (Lipinski definition) is 0. The zero-order valence-electron chi connectivity index (χ0n) is 21.2. The van der Waals surface area contributed by atoms with Gasteiger partial charge in [0.2, 0.25) is 0 Å². The highest BCUT2D eigenvalue weighted by Crippen LogP contribution is 2.34. The second-order valence-corrected chi connectivity index (χ2v) is 9.11. The van der Waals surface area contributed by atoms with Crippen LogP contribution < -0.4 is 4.90 Å². The molecule has 34 heavy (non-hydrogen) atoms. The van der Waals surface area contributed by atoms with Crippen molar-refractivity contribution < 1.29 is 9.15 Å². The Balaban J connectivity index is 1.25. The maximum Gasteiger partial charge on any atom is 0.136 e. The Morgan fingerprint density at radius 3 is 2.47 bits per heavy atom. The van der Waals surface area contributed by atoms with E-state index < -0.39 is 0 Å². The number of rotatable bonds is 11. The summed E-state index contributed by atoms with van der Waals surface area (Å²) >= 11 is 0. The lowest BCUT2D eigenvalue weighted by molar-refractivity contribution is 0.0913. The molecule has 0 saturated carbocycles. The van der Waals surface area contributed by atoms with Crippen molar-refractivity contribution in [1.29, 1.82) is 0 Å². The van der Waals surface area contributed by atoms with E-state index in [1.807, 2.05) is 0 Å². The van der Waals surface area contributed by atoms with Crippen molar-refractivity contribution in [2.75, 3.05) is 31.1 Å². The summed E-state index contributed by atoms with van der Waals surface area (Å²) in [6.07, 6.45) is 19.2. The van der Waals surface area contributed by atoms with Crippen molar-refractivity contribution in [3.05, 3.63) is 72.2 Å². The van der Waals surface area contributed by atoms with Gasteiger partial charge in [0.15, 0.2) is 0 Å². The number of anilines is 1. The number of ether oxygens (including phenoxy) is 1. The van der Waals surface area contributed by atoms with Gasteiger partial charge in [0, 0.05) is 54.9 Å². The molecule has 4 rings (SSSR count). The molecule has 0 bridgehead atoms. The summed E-state index contributed by atoms with van der Waals surface area (Å²) in [5.74, 6) is 1.42. The second-order valence-electron chi connectivity index (χ2n) is 9.11. The Kier molecular flexibility index (Phi) is 8.34. The molecule has 4 heteroatoms. The van der Waals surface area contributed by atoms with Gasteiger partial charge in [-0.1, -0.05) is 24.3 Å². The van der Waals surface area contributed by atoms with Crippen molar-refractivity contribution in [3.8, 4) is 0 Å². The first-order chi connectivity index (χ1) is 16.6. The van der Waals surface area contributed by atoms with Crippen LogP contribution in [0.15, 0.2) is 70.8 Å². The van der Waals surface area contributed by atoms with Crippen LogP contribution in [0, 0.1) is 5.92 Å². The number of benzene rings is 1. The summed E-state index contributed by atoms with van der Waals surface area (Å²) in [7, 11) is 0. The second kappa shape index (κ2) is 11.6. The van der Waals surface area contributed by atoms with E-state index in [-0.39, 0.29) is 12.2 Å². The number of fused-ring (bicyclic) bond motifs is 2. The maximum absolute atomic E-state index is 6.31. The highest BCUT2D eigenvalue weighted by atomic mass is 16.5. The van der Waals surface area contributed by atoms with Crippen LogP contribution in [-0.4, -0.2) is 43.3 Å². The molecule has 3 atom stereocenters. The van der Waals surface area contributed by atoms with E-state index in [9.17, 15) is 0 Å². The molecule has 1 saturated heterocycles. The van der Waals surface area contributed by atoms with Gasteiger partial charge < -0.3 is 19.0 Å². The van der Waals surface area contributed by atoms with Gasteiger partial charge in [0.1, 0.15) is 11.3 Å². The Labute approximate surface area is 205 Å². The first-order valence-electron chi connectivity index (χ1n) is 13.1. The molecule has 1 aliphatic carbocycles. The third kappa shape index (κ3) is 5.67. The molecule has 2 heterocycles. The monoisotopic (exact) mass is 460 g/mol. The molecule has 2 aromatic rings. The molecule has 1 aromatic carbocycles. The minimum absolute atomic E-state index is 0.213. The lowest BCUT2D eigenvalue weighted by Gasteiger charge is -2.27. The minimum atomic E-state index is 0.213. The molecule has 1 aromatic heterocycles.